The average molecular weight is 440 g/mol. The summed E-state index contributed by atoms with van der Waals surface area (Å²) in [6, 6.07) is 14.8. The third-order valence-electron chi connectivity index (χ3n) is 4.52. The number of pyridine rings is 1. The van der Waals surface area contributed by atoms with E-state index >= 15 is 0 Å². The van der Waals surface area contributed by atoms with Crippen LogP contribution in [0.1, 0.15) is 21.0 Å². The molecule has 30 heavy (non-hydrogen) atoms. The summed E-state index contributed by atoms with van der Waals surface area (Å²) in [5.41, 5.74) is 0.885. The fourth-order valence-corrected chi connectivity index (χ4v) is 4.48. The Morgan fingerprint density at radius 2 is 1.97 bits per heavy atom. The molecule has 0 aliphatic heterocycles. The highest BCUT2D eigenvalue weighted by Crippen LogP contribution is 2.34. The van der Waals surface area contributed by atoms with Crippen molar-refractivity contribution < 1.29 is 14.0 Å². The van der Waals surface area contributed by atoms with Crippen LogP contribution in [0.5, 0.6) is 0 Å². The molecule has 0 radical (unpaired) electrons. The third-order valence-corrected chi connectivity index (χ3v) is 6.19. The van der Waals surface area contributed by atoms with E-state index in [0.717, 1.165) is 15.6 Å². The van der Waals surface area contributed by atoms with Crippen molar-refractivity contribution in [2.75, 3.05) is 6.54 Å². The van der Waals surface area contributed by atoms with Crippen LogP contribution < -0.4 is 5.32 Å². The van der Waals surface area contributed by atoms with Crippen molar-refractivity contribution >= 4 is 44.8 Å². The lowest BCUT2D eigenvalue weighted by molar-refractivity contribution is -0.131. The summed E-state index contributed by atoms with van der Waals surface area (Å²) in [6.45, 7) is 0.498. The number of fused-ring (bicyclic) bond motifs is 1. The average Bonchev–Trinajstić information content (AvgIpc) is 3.40. The largest absolute Gasteiger partial charge is 0.467 e. The molecule has 2 amide bonds. The molecule has 4 aromatic rings. The highest BCUT2D eigenvalue weighted by molar-refractivity contribution is 7.21. The molecule has 0 bridgehead atoms. The van der Waals surface area contributed by atoms with Gasteiger partial charge < -0.3 is 14.6 Å². The van der Waals surface area contributed by atoms with Gasteiger partial charge in [-0.25, -0.2) is 0 Å². The zero-order valence-corrected chi connectivity index (χ0v) is 17.4. The molecule has 0 unspecified atom stereocenters. The van der Waals surface area contributed by atoms with Gasteiger partial charge in [-0.05, 0) is 29.8 Å². The van der Waals surface area contributed by atoms with E-state index in [2.05, 4.69) is 10.3 Å². The topological polar surface area (TPSA) is 75.4 Å². The van der Waals surface area contributed by atoms with Gasteiger partial charge in [-0.2, -0.15) is 0 Å². The number of rotatable bonds is 7. The summed E-state index contributed by atoms with van der Waals surface area (Å²) in [7, 11) is 0. The lowest BCUT2D eigenvalue weighted by Gasteiger charge is -2.22. The minimum absolute atomic E-state index is 0.148. The first-order chi connectivity index (χ1) is 14.6. The standard InChI is InChI=1S/C22H18ClN3O3S/c23-20-17-7-1-2-8-18(17)30-21(20)22(28)25-12-19(27)26(14-16-6-4-10-29-16)13-15-5-3-9-24-11-15/h1-11H,12-14H2,(H,25,28). The minimum Gasteiger partial charge on any atom is -0.467 e. The Bertz CT molecular complexity index is 1160. The molecule has 0 aliphatic carbocycles. The SMILES string of the molecule is O=C(NCC(=O)N(Cc1cccnc1)Cc1ccco1)c1sc2ccccc2c1Cl. The Morgan fingerprint density at radius 3 is 2.70 bits per heavy atom. The molecule has 3 aromatic heterocycles. The van der Waals surface area contributed by atoms with Crippen molar-refractivity contribution in [2.24, 2.45) is 0 Å². The second-order valence-electron chi connectivity index (χ2n) is 6.61. The van der Waals surface area contributed by atoms with E-state index in [1.807, 2.05) is 36.4 Å². The zero-order chi connectivity index (χ0) is 20.9. The normalized spacial score (nSPS) is 10.8. The van der Waals surface area contributed by atoms with Crippen molar-refractivity contribution in [3.8, 4) is 0 Å². The number of hydrogen-bond acceptors (Lipinski definition) is 5. The molecule has 6 nitrogen and oxygen atoms in total. The number of carbonyl (C=O) groups excluding carboxylic acids is 2. The Morgan fingerprint density at radius 1 is 1.10 bits per heavy atom. The lowest BCUT2D eigenvalue weighted by Crippen LogP contribution is -2.39. The first kappa shape index (κ1) is 20.1. The van der Waals surface area contributed by atoms with E-state index in [1.165, 1.54) is 11.3 Å². The van der Waals surface area contributed by atoms with Crippen LogP contribution in [0.3, 0.4) is 0 Å². The van der Waals surface area contributed by atoms with Crippen LogP contribution in [0.2, 0.25) is 5.02 Å². The van der Waals surface area contributed by atoms with Crippen molar-refractivity contribution in [1.29, 1.82) is 0 Å². The maximum atomic E-state index is 12.9. The highest BCUT2D eigenvalue weighted by atomic mass is 35.5. The van der Waals surface area contributed by atoms with Crippen LogP contribution in [0, 0.1) is 0 Å². The smallest absolute Gasteiger partial charge is 0.263 e. The second-order valence-corrected chi connectivity index (χ2v) is 8.04. The van der Waals surface area contributed by atoms with Gasteiger partial charge >= 0.3 is 0 Å². The van der Waals surface area contributed by atoms with Gasteiger partial charge in [-0.1, -0.05) is 35.9 Å². The fourth-order valence-electron chi connectivity index (χ4n) is 3.04. The van der Waals surface area contributed by atoms with Gasteiger partial charge in [0.05, 0.1) is 24.4 Å². The Balaban J connectivity index is 1.46. The molecular weight excluding hydrogens is 422 g/mol. The summed E-state index contributed by atoms with van der Waals surface area (Å²) in [4.78, 5) is 31.6. The number of halogens is 1. The summed E-state index contributed by atoms with van der Waals surface area (Å²) in [5.74, 6) is 0.0563. The van der Waals surface area contributed by atoms with Crippen LogP contribution in [0.4, 0.5) is 0 Å². The molecule has 1 aromatic carbocycles. The van der Waals surface area contributed by atoms with Crippen molar-refractivity contribution in [3.05, 3.63) is 88.4 Å². The molecule has 0 aliphatic rings. The van der Waals surface area contributed by atoms with E-state index in [1.54, 1.807) is 35.7 Å². The molecule has 0 saturated heterocycles. The molecule has 152 valence electrons. The highest BCUT2D eigenvalue weighted by Gasteiger charge is 2.20. The number of amides is 2. The monoisotopic (exact) mass is 439 g/mol. The Kier molecular flexibility index (Phi) is 6.11. The number of hydrogen-bond donors (Lipinski definition) is 1. The van der Waals surface area contributed by atoms with Crippen LogP contribution in [-0.2, 0) is 17.9 Å². The molecule has 0 saturated carbocycles. The molecule has 3 heterocycles. The van der Waals surface area contributed by atoms with Gasteiger partial charge in [0, 0.05) is 29.0 Å². The Labute approximate surface area is 182 Å². The van der Waals surface area contributed by atoms with E-state index in [-0.39, 0.29) is 18.4 Å². The van der Waals surface area contributed by atoms with Gasteiger partial charge in [0.2, 0.25) is 5.91 Å². The maximum Gasteiger partial charge on any atom is 0.263 e. The maximum absolute atomic E-state index is 12.9. The van der Waals surface area contributed by atoms with Gasteiger partial charge in [-0.15, -0.1) is 11.3 Å². The Hall–Kier alpha value is -3.16. The fraction of sp³-hybridized carbons (Fsp3) is 0.136. The number of nitrogens with one attached hydrogen (secondary N) is 1. The third kappa shape index (κ3) is 4.53. The first-order valence-electron chi connectivity index (χ1n) is 9.26. The number of carbonyl (C=O) groups is 2. The van der Waals surface area contributed by atoms with E-state index < -0.39 is 0 Å². The predicted molar refractivity (Wildman–Crippen MR) is 116 cm³/mol. The number of furan rings is 1. The molecular formula is C22H18ClN3O3S. The van der Waals surface area contributed by atoms with Crippen LogP contribution in [-0.4, -0.2) is 28.2 Å². The molecule has 4 rings (SSSR count). The zero-order valence-electron chi connectivity index (χ0n) is 15.9. The minimum atomic E-state index is -0.367. The molecule has 0 atom stereocenters. The molecule has 8 heteroatoms. The van der Waals surface area contributed by atoms with E-state index in [9.17, 15) is 9.59 Å². The number of thiophene rings is 1. The van der Waals surface area contributed by atoms with Crippen molar-refractivity contribution in [1.82, 2.24) is 15.2 Å². The molecule has 1 N–H and O–H groups in total. The summed E-state index contributed by atoms with van der Waals surface area (Å²) in [6.07, 6.45) is 4.95. The van der Waals surface area contributed by atoms with Crippen LogP contribution >= 0.6 is 22.9 Å². The molecule has 0 fully saturated rings. The van der Waals surface area contributed by atoms with Gasteiger partial charge in [-0.3, -0.25) is 14.6 Å². The van der Waals surface area contributed by atoms with E-state index in [0.29, 0.717) is 28.7 Å². The van der Waals surface area contributed by atoms with Crippen molar-refractivity contribution in [3.63, 3.8) is 0 Å². The van der Waals surface area contributed by atoms with Gasteiger partial charge in [0.25, 0.3) is 5.91 Å². The molecule has 0 spiro atoms. The lowest BCUT2D eigenvalue weighted by atomic mass is 10.2. The number of nitrogens with zero attached hydrogens (tertiary/aromatic N) is 2. The van der Waals surface area contributed by atoms with Crippen molar-refractivity contribution in [2.45, 2.75) is 13.1 Å². The predicted octanol–water partition coefficient (Wildman–Crippen LogP) is 4.50. The summed E-state index contributed by atoms with van der Waals surface area (Å²) >= 11 is 7.67. The van der Waals surface area contributed by atoms with Crippen LogP contribution in [0.25, 0.3) is 10.1 Å². The quantitative estimate of drug-likeness (QED) is 0.460. The summed E-state index contributed by atoms with van der Waals surface area (Å²) < 4.78 is 6.31. The number of benzene rings is 1. The van der Waals surface area contributed by atoms with Crippen LogP contribution in [0.15, 0.2) is 71.6 Å². The van der Waals surface area contributed by atoms with Gasteiger partial charge in [0.1, 0.15) is 10.6 Å². The van der Waals surface area contributed by atoms with Gasteiger partial charge in [0.15, 0.2) is 0 Å². The van der Waals surface area contributed by atoms with E-state index in [4.69, 9.17) is 16.0 Å². The first-order valence-corrected chi connectivity index (χ1v) is 10.5. The summed E-state index contributed by atoms with van der Waals surface area (Å²) in [5, 5.41) is 3.93. The second kappa shape index (κ2) is 9.11. The number of aromatic nitrogens is 1.